The zero-order valence-corrected chi connectivity index (χ0v) is 12.4. The Morgan fingerprint density at radius 2 is 2.32 bits per heavy atom. The van der Waals surface area contributed by atoms with Crippen molar-refractivity contribution < 1.29 is 4.74 Å². The van der Waals surface area contributed by atoms with Crippen molar-refractivity contribution in [3.63, 3.8) is 0 Å². The number of nitrogens with one attached hydrogen (secondary N) is 1. The molecule has 0 radical (unpaired) electrons. The number of hydrogen-bond acceptors (Lipinski definition) is 5. The van der Waals surface area contributed by atoms with E-state index in [0.717, 1.165) is 26.8 Å². The van der Waals surface area contributed by atoms with E-state index in [-0.39, 0.29) is 6.04 Å². The van der Waals surface area contributed by atoms with Gasteiger partial charge in [-0.25, -0.2) is 5.43 Å². The lowest BCUT2D eigenvalue weighted by atomic mass is 10.1. The summed E-state index contributed by atoms with van der Waals surface area (Å²) in [5.74, 6) is 6.39. The number of halogens is 1. The van der Waals surface area contributed by atoms with Crippen LogP contribution in [0.3, 0.4) is 0 Å². The Labute approximate surface area is 121 Å². The molecule has 0 aromatic carbocycles. The number of hydrazine groups is 1. The van der Waals surface area contributed by atoms with Crippen LogP contribution in [0.4, 0.5) is 0 Å². The summed E-state index contributed by atoms with van der Waals surface area (Å²) < 4.78 is 5.45. The number of nitrogens with zero attached hydrogens (tertiary/aromatic N) is 1. The molecule has 3 N–H and O–H groups in total. The van der Waals surface area contributed by atoms with Gasteiger partial charge in [0.25, 0.3) is 0 Å². The summed E-state index contributed by atoms with van der Waals surface area (Å²) in [6.45, 7) is 4.51. The average molecular weight is 298 g/mol. The van der Waals surface area contributed by atoms with E-state index in [4.69, 9.17) is 22.2 Å². The molecule has 0 saturated carbocycles. The second-order valence-electron chi connectivity index (χ2n) is 4.08. The summed E-state index contributed by atoms with van der Waals surface area (Å²) in [5.41, 5.74) is 4.77. The second kappa shape index (κ2) is 6.34. The lowest BCUT2D eigenvalue weighted by Gasteiger charge is -2.16. The minimum Gasteiger partial charge on any atom is -0.492 e. The van der Waals surface area contributed by atoms with Crippen molar-refractivity contribution in [1.29, 1.82) is 0 Å². The Morgan fingerprint density at radius 1 is 1.53 bits per heavy atom. The summed E-state index contributed by atoms with van der Waals surface area (Å²) in [6.07, 6.45) is 3.44. The van der Waals surface area contributed by atoms with E-state index in [2.05, 4.69) is 10.4 Å². The first-order chi connectivity index (χ1) is 9.17. The zero-order valence-electron chi connectivity index (χ0n) is 10.8. The van der Waals surface area contributed by atoms with Gasteiger partial charge in [0.15, 0.2) is 0 Å². The highest BCUT2D eigenvalue weighted by Gasteiger charge is 2.19. The van der Waals surface area contributed by atoms with Crippen LogP contribution in [0.15, 0.2) is 23.8 Å². The summed E-state index contributed by atoms with van der Waals surface area (Å²) in [5, 5.41) is 2.76. The van der Waals surface area contributed by atoms with Crippen LogP contribution in [0.2, 0.25) is 5.02 Å². The molecule has 4 nitrogen and oxygen atoms in total. The quantitative estimate of drug-likeness (QED) is 0.658. The van der Waals surface area contributed by atoms with E-state index < -0.39 is 0 Å². The molecule has 0 spiro atoms. The van der Waals surface area contributed by atoms with Crippen LogP contribution < -0.4 is 16.0 Å². The van der Waals surface area contributed by atoms with Gasteiger partial charge < -0.3 is 4.74 Å². The van der Waals surface area contributed by atoms with Crippen molar-refractivity contribution >= 4 is 22.9 Å². The minimum atomic E-state index is -0.181. The molecule has 102 valence electrons. The molecule has 0 aliphatic heterocycles. The third-order valence-electron chi connectivity index (χ3n) is 2.73. The van der Waals surface area contributed by atoms with Crippen molar-refractivity contribution in [3.05, 3.63) is 44.9 Å². The fourth-order valence-corrected chi connectivity index (χ4v) is 3.20. The first-order valence-electron chi connectivity index (χ1n) is 5.94. The SMILES string of the molecule is CCOc1cncc(C(NN)c2scc(C)c2Cl)c1. The van der Waals surface area contributed by atoms with E-state index in [0.29, 0.717) is 6.61 Å². The Kier molecular flexibility index (Phi) is 4.76. The van der Waals surface area contributed by atoms with E-state index in [1.807, 2.05) is 25.3 Å². The van der Waals surface area contributed by atoms with Crippen LogP contribution >= 0.6 is 22.9 Å². The van der Waals surface area contributed by atoms with Gasteiger partial charge in [-0.3, -0.25) is 10.8 Å². The van der Waals surface area contributed by atoms with Crippen LogP contribution in [0.1, 0.15) is 29.0 Å². The van der Waals surface area contributed by atoms with E-state index in [1.54, 1.807) is 23.7 Å². The molecule has 2 rings (SSSR count). The number of nitrogens with two attached hydrogens (primary N) is 1. The summed E-state index contributed by atoms with van der Waals surface area (Å²) >= 11 is 7.88. The molecule has 0 bridgehead atoms. The molecule has 2 aromatic rings. The molecular formula is C13H16ClN3OS. The first kappa shape index (κ1) is 14.3. The van der Waals surface area contributed by atoms with Crippen LogP contribution in [0.25, 0.3) is 0 Å². The van der Waals surface area contributed by atoms with Gasteiger partial charge in [-0.05, 0) is 36.4 Å². The maximum atomic E-state index is 6.30. The van der Waals surface area contributed by atoms with Gasteiger partial charge in [-0.1, -0.05) is 11.6 Å². The predicted octanol–water partition coefficient (Wildman–Crippen LogP) is 3.06. The van der Waals surface area contributed by atoms with E-state index in [1.165, 1.54) is 0 Å². The second-order valence-corrected chi connectivity index (χ2v) is 5.37. The Balaban J connectivity index is 2.36. The van der Waals surface area contributed by atoms with Crippen molar-refractivity contribution in [3.8, 4) is 5.75 Å². The first-order valence-corrected chi connectivity index (χ1v) is 7.20. The fourth-order valence-electron chi connectivity index (χ4n) is 1.81. The van der Waals surface area contributed by atoms with Gasteiger partial charge in [0.2, 0.25) is 0 Å². The molecule has 1 unspecified atom stereocenters. The number of pyridine rings is 1. The fraction of sp³-hybridized carbons (Fsp3) is 0.308. The largest absolute Gasteiger partial charge is 0.492 e. The number of ether oxygens (including phenoxy) is 1. The minimum absolute atomic E-state index is 0.181. The topological polar surface area (TPSA) is 60.2 Å². The maximum Gasteiger partial charge on any atom is 0.137 e. The van der Waals surface area contributed by atoms with Crippen LogP contribution in [0.5, 0.6) is 5.75 Å². The van der Waals surface area contributed by atoms with E-state index in [9.17, 15) is 0 Å². The normalized spacial score (nSPS) is 12.4. The van der Waals surface area contributed by atoms with Crippen molar-refractivity contribution in [2.24, 2.45) is 5.84 Å². The van der Waals surface area contributed by atoms with Gasteiger partial charge >= 0.3 is 0 Å². The van der Waals surface area contributed by atoms with Gasteiger partial charge in [0, 0.05) is 11.1 Å². The van der Waals surface area contributed by atoms with Gasteiger partial charge in [-0.15, -0.1) is 11.3 Å². The van der Waals surface area contributed by atoms with Crippen molar-refractivity contribution in [1.82, 2.24) is 10.4 Å². The Morgan fingerprint density at radius 3 is 2.89 bits per heavy atom. The van der Waals surface area contributed by atoms with E-state index >= 15 is 0 Å². The molecule has 19 heavy (non-hydrogen) atoms. The highest BCUT2D eigenvalue weighted by Crippen LogP contribution is 2.35. The Hall–Kier alpha value is -1.14. The number of aryl methyl sites for hydroxylation is 1. The molecule has 0 amide bonds. The third kappa shape index (κ3) is 3.06. The van der Waals surface area contributed by atoms with Gasteiger partial charge in [-0.2, -0.15) is 0 Å². The van der Waals surface area contributed by atoms with Gasteiger partial charge in [0.05, 0.1) is 23.9 Å². The molecule has 2 heterocycles. The Bertz CT molecular complexity index is 559. The van der Waals surface area contributed by atoms with Gasteiger partial charge in [0.1, 0.15) is 5.75 Å². The summed E-state index contributed by atoms with van der Waals surface area (Å²) in [7, 11) is 0. The van der Waals surface area contributed by atoms with Crippen LogP contribution in [0, 0.1) is 6.92 Å². The van der Waals surface area contributed by atoms with Crippen LogP contribution in [-0.4, -0.2) is 11.6 Å². The molecule has 6 heteroatoms. The lowest BCUT2D eigenvalue weighted by Crippen LogP contribution is -2.28. The molecule has 1 atom stereocenters. The van der Waals surface area contributed by atoms with Crippen LogP contribution in [-0.2, 0) is 0 Å². The molecule has 0 saturated heterocycles. The highest BCUT2D eigenvalue weighted by atomic mass is 35.5. The number of hydrogen-bond donors (Lipinski definition) is 2. The summed E-state index contributed by atoms with van der Waals surface area (Å²) in [6, 6.07) is 1.74. The molecule has 0 fully saturated rings. The lowest BCUT2D eigenvalue weighted by molar-refractivity contribution is 0.338. The highest BCUT2D eigenvalue weighted by molar-refractivity contribution is 7.10. The number of aromatic nitrogens is 1. The smallest absolute Gasteiger partial charge is 0.137 e. The summed E-state index contributed by atoms with van der Waals surface area (Å²) in [4.78, 5) is 5.16. The monoisotopic (exact) mass is 297 g/mol. The van der Waals surface area contributed by atoms with Crippen molar-refractivity contribution in [2.75, 3.05) is 6.61 Å². The molecule has 0 aliphatic rings. The average Bonchev–Trinajstić information content (AvgIpc) is 2.73. The molecular weight excluding hydrogens is 282 g/mol. The predicted molar refractivity (Wildman–Crippen MR) is 78.6 cm³/mol. The zero-order chi connectivity index (χ0) is 13.8. The molecule has 0 aliphatic carbocycles. The standard InChI is InChI=1S/C13H16ClN3OS/c1-3-18-10-4-9(5-16-6-10)12(17-15)13-11(14)8(2)7-19-13/h4-7,12,17H,3,15H2,1-2H3. The molecule has 2 aromatic heterocycles. The van der Waals surface area contributed by atoms with Crippen molar-refractivity contribution in [2.45, 2.75) is 19.9 Å². The maximum absolute atomic E-state index is 6.30. The third-order valence-corrected chi connectivity index (χ3v) is 4.51. The number of rotatable bonds is 5. The number of thiophene rings is 1.